The fourth-order valence-electron chi connectivity index (χ4n) is 2.63. The highest BCUT2D eigenvalue weighted by Gasteiger charge is 2.32. The van der Waals surface area contributed by atoms with Crippen molar-refractivity contribution in [3.05, 3.63) is 23.8 Å². The molecular weight excluding hydrogens is 212 g/mol. The van der Waals surface area contributed by atoms with Crippen LogP contribution in [0.2, 0.25) is 0 Å². The number of nitrogens with two attached hydrogens (primary N) is 1. The van der Waals surface area contributed by atoms with Crippen LogP contribution in [0.4, 0.5) is 11.4 Å². The van der Waals surface area contributed by atoms with Gasteiger partial charge < -0.3 is 16.2 Å². The first-order valence-electron chi connectivity index (χ1n) is 6.36. The number of anilines is 2. The summed E-state index contributed by atoms with van der Waals surface area (Å²) in [5, 5.41) is 13.0. The van der Waals surface area contributed by atoms with Gasteiger partial charge in [-0.15, -0.1) is 0 Å². The van der Waals surface area contributed by atoms with E-state index in [0.717, 1.165) is 30.8 Å². The van der Waals surface area contributed by atoms with Crippen LogP contribution in [0.5, 0.6) is 0 Å². The second-order valence-electron chi connectivity index (χ2n) is 5.29. The molecule has 1 fully saturated rings. The molecule has 0 saturated heterocycles. The molecule has 0 radical (unpaired) electrons. The fourth-order valence-corrected chi connectivity index (χ4v) is 2.63. The number of aliphatic hydroxyl groups excluding tert-OH is 1. The van der Waals surface area contributed by atoms with E-state index in [9.17, 15) is 5.11 Å². The third kappa shape index (κ3) is 2.72. The van der Waals surface area contributed by atoms with Crippen LogP contribution in [0.25, 0.3) is 0 Å². The minimum Gasteiger partial charge on any atom is -0.399 e. The number of hydrogen-bond donors (Lipinski definition) is 3. The van der Waals surface area contributed by atoms with Crippen LogP contribution in [0.15, 0.2) is 18.2 Å². The van der Waals surface area contributed by atoms with Crippen molar-refractivity contribution in [2.45, 2.75) is 32.6 Å². The van der Waals surface area contributed by atoms with Gasteiger partial charge in [0.1, 0.15) is 0 Å². The van der Waals surface area contributed by atoms with Crippen molar-refractivity contribution in [2.24, 2.45) is 5.41 Å². The Morgan fingerprint density at radius 2 is 2.06 bits per heavy atom. The van der Waals surface area contributed by atoms with E-state index in [-0.39, 0.29) is 12.0 Å². The Labute approximate surface area is 103 Å². The Bertz CT molecular complexity index is 384. The van der Waals surface area contributed by atoms with Gasteiger partial charge in [0.05, 0.1) is 6.61 Å². The largest absolute Gasteiger partial charge is 0.399 e. The van der Waals surface area contributed by atoms with E-state index in [1.54, 1.807) is 0 Å². The minimum absolute atomic E-state index is 0.0804. The van der Waals surface area contributed by atoms with Gasteiger partial charge in [-0.1, -0.05) is 18.9 Å². The molecule has 0 aliphatic heterocycles. The average molecular weight is 234 g/mol. The highest BCUT2D eigenvalue weighted by molar-refractivity contribution is 5.59. The van der Waals surface area contributed by atoms with Gasteiger partial charge in [0.15, 0.2) is 0 Å². The molecule has 1 aliphatic carbocycles. The van der Waals surface area contributed by atoms with Gasteiger partial charge in [0.25, 0.3) is 0 Å². The molecular formula is C14H22N2O. The molecule has 0 bridgehead atoms. The summed E-state index contributed by atoms with van der Waals surface area (Å²) in [6.07, 6.45) is 4.71. The molecule has 94 valence electrons. The quantitative estimate of drug-likeness (QED) is 0.702. The zero-order valence-corrected chi connectivity index (χ0v) is 10.5. The maximum absolute atomic E-state index is 9.55. The highest BCUT2D eigenvalue weighted by Crippen LogP contribution is 2.37. The second-order valence-corrected chi connectivity index (χ2v) is 5.29. The van der Waals surface area contributed by atoms with Crippen molar-refractivity contribution >= 4 is 11.4 Å². The zero-order chi connectivity index (χ0) is 12.3. The van der Waals surface area contributed by atoms with Crippen molar-refractivity contribution in [1.29, 1.82) is 0 Å². The molecule has 1 aliphatic rings. The summed E-state index contributed by atoms with van der Waals surface area (Å²) < 4.78 is 0. The number of aliphatic hydroxyl groups is 1. The molecule has 0 amide bonds. The molecule has 3 nitrogen and oxygen atoms in total. The summed E-state index contributed by atoms with van der Waals surface area (Å²) in [7, 11) is 0. The van der Waals surface area contributed by atoms with Gasteiger partial charge in [-0.3, -0.25) is 0 Å². The van der Waals surface area contributed by atoms with Gasteiger partial charge >= 0.3 is 0 Å². The normalized spacial score (nSPS) is 18.2. The topological polar surface area (TPSA) is 58.3 Å². The highest BCUT2D eigenvalue weighted by atomic mass is 16.3. The van der Waals surface area contributed by atoms with Crippen molar-refractivity contribution in [2.75, 3.05) is 24.2 Å². The first kappa shape index (κ1) is 12.2. The lowest BCUT2D eigenvalue weighted by Crippen LogP contribution is -2.30. The Balaban J connectivity index is 2.03. The smallest absolute Gasteiger partial charge is 0.0504 e. The molecule has 1 aromatic carbocycles. The molecule has 1 saturated carbocycles. The zero-order valence-electron chi connectivity index (χ0n) is 10.5. The van der Waals surface area contributed by atoms with Crippen LogP contribution in [-0.2, 0) is 0 Å². The summed E-state index contributed by atoms with van der Waals surface area (Å²) in [6.45, 7) is 3.19. The van der Waals surface area contributed by atoms with E-state index in [2.05, 4.69) is 12.2 Å². The van der Waals surface area contributed by atoms with Crippen LogP contribution < -0.4 is 11.1 Å². The van der Waals surface area contributed by atoms with Gasteiger partial charge in [-0.2, -0.15) is 0 Å². The van der Waals surface area contributed by atoms with Crippen molar-refractivity contribution in [3.63, 3.8) is 0 Å². The van der Waals surface area contributed by atoms with Crippen molar-refractivity contribution < 1.29 is 5.11 Å². The molecule has 0 heterocycles. The van der Waals surface area contributed by atoms with E-state index in [1.807, 2.05) is 18.2 Å². The number of benzene rings is 1. The van der Waals surface area contributed by atoms with Crippen LogP contribution >= 0.6 is 0 Å². The lowest BCUT2D eigenvalue weighted by Gasteiger charge is -2.27. The third-order valence-electron chi connectivity index (χ3n) is 3.92. The average Bonchev–Trinajstić information content (AvgIpc) is 2.80. The molecule has 17 heavy (non-hydrogen) atoms. The summed E-state index contributed by atoms with van der Waals surface area (Å²) in [6, 6.07) is 5.91. The molecule has 4 N–H and O–H groups in total. The van der Waals surface area contributed by atoms with Crippen molar-refractivity contribution in [3.8, 4) is 0 Å². The SMILES string of the molecule is Cc1ccc(N)cc1NCC1(CO)CCCC1. The van der Waals surface area contributed by atoms with Gasteiger partial charge in [-0.05, 0) is 37.5 Å². The van der Waals surface area contributed by atoms with Crippen LogP contribution in [0.1, 0.15) is 31.2 Å². The maximum atomic E-state index is 9.55. The first-order valence-corrected chi connectivity index (χ1v) is 6.36. The number of aryl methyl sites for hydroxylation is 1. The predicted octanol–water partition coefficient (Wildman–Crippen LogP) is 2.54. The predicted molar refractivity (Wildman–Crippen MR) is 72.1 cm³/mol. The molecule has 0 aromatic heterocycles. The first-order chi connectivity index (χ1) is 8.15. The fraction of sp³-hybridized carbons (Fsp3) is 0.571. The lowest BCUT2D eigenvalue weighted by molar-refractivity contribution is 0.142. The number of nitrogen functional groups attached to an aromatic ring is 1. The number of hydrogen-bond acceptors (Lipinski definition) is 3. The Morgan fingerprint density at radius 1 is 1.35 bits per heavy atom. The van der Waals surface area contributed by atoms with E-state index >= 15 is 0 Å². The Morgan fingerprint density at radius 3 is 2.71 bits per heavy atom. The van der Waals surface area contributed by atoms with E-state index in [0.29, 0.717) is 0 Å². The van der Waals surface area contributed by atoms with Crippen LogP contribution in [0, 0.1) is 12.3 Å². The van der Waals surface area contributed by atoms with Crippen LogP contribution in [-0.4, -0.2) is 18.3 Å². The summed E-state index contributed by atoms with van der Waals surface area (Å²) >= 11 is 0. The van der Waals surface area contributed by atoms with Gasteiger partial charge in [0, 0.05) is 23.3 Å². The number of nitrogens with one attached hydrogen (secondary N) is 1. The molecule has 0 atom stereocenters. The Hall–Kier alpha value is -1.22. The standard InChI is InChI=1S/C14H22N2O/c1-11-4-5-12(15)8-13(11)16-9-14(10-17)6-2-3-7-14/h4-5,8,16-17H,2-3,6-7,9-10,15H2,1H3. The Kier molecular flexibility index (Phi) is 3.57. The third-order valence-corrected chi connectivity index (χ3v) is 3.92. The molecule has 2 rings (SSSR count). The van der Waals surface area contributed by atoms with E-state index in [1.165, 1.54) is 18.4 Å². The minimum atomic E-state index is 0.0804. The van der Waals surface area contributed by atoms with Gasteiger partial charge in [-0.25, -0.2) is 0 Å². The molecule has 3 heteroatoms. The molecule has 0 unspecified atom stereocenters. The van der Waals surface area contributed by atoms with Crippen molar-refractivity contribution in [1.82, 2.24) is 0 Å². The summed E-state index contributed by atoms with van der Waals surface area (Å²) in [4.78, 5) is 0. The lowest BCUT2D eigenvalue weighted by atomic mass is 9.87. The van der Waals surface area contributed by atoms with E-state index in [4.69, 9.17) is 5.73 Å². The van der Waals surface area contributed by atoms with E-state index < -0.39 is 0 Å². The molecule has 0 spiro atoms. The summed E-state index contributed by atoms with van der Waals surface area (Å²) in [5.41, 5.74) is 8.93. The monoisotopic (exact) mass is 234 g/mol. The second kappa shape index (κ2) is 4.96. The van der Waals surface area contributed by atoms with Gasteiger partial charge in [0.2, 0.25) is 0 Å². The molecule has 1 aromatic rings. The van der Waals surface area contributed by atoms with Crippen LogP contribution in [0.3, 0.4) is 0 Å². The summed E-state index contributed by atoms with van der Waals surface area (Å²) in [5.74, 6) is 0. The maximum Gasteiger partial charge on any atom is 0.0504 e. The number of rotatable bonds is 4.